The highest BCUT2D eigenvalue weighted by Gasteiger charge is 2.05. The van der Waals surface area contributed by atoms with Crippen molar-refractivity contribution in [2.24, 2.45) is 0 Å². The van der Waals surface area contributed by atoms with Crippen LogP contribution in [0, 0.1) is 0 Å². The van der Waals surface area contributed by atoms with Crippen molar-refractivity contribution < 1.29 is 0 Å². The minimum atomic E-state index is 0.423. The van der Waals surface area contributed by atoms with Crippen molar-refractivity contribution in [3.63, 3.8) is 0 Å². The van der Waals surface area contributed by atoms with Gasteiger partial charge < -0.3 is 0 Å². The summed E-state index contributed by atoms with van der Waals surface area (Å²) in [6, 6.07) is 5.91. The largest absolute Gasteiger partial charge is 0.260 e. The lowest BCUT2D eigenvalue weighted by Gasteiger charge is -2.03. The third kappa shape index (κ3) is 2.25. The average Bonchev–Trinajstić information content (AvgIpc) is 2.78. The maximum Gasteiger partial charge on any atom is 0.0679 e. The lowest BCUT2D eigenvalue weighted by Crippen LogP contribution is -1.98. The first-order valence-corrected chi connectivity index (χ1v) is 5.81. The van der Waals surface area contributed by atoms with Crippen LogP contribution in [0.4, 0.5) is 0 Å². The summed E-state index contributed by atoms with van der Waals surface area (Å²) in [7, 11) is 0. The zero-order valence-corrected chi connectivity index (χ0v) is 10.1. The summed E-state index contributed by atoms with van der Waals surface area (Å²) in [5, 5.41) is 4.50. The Labute approximate surface area is 100 Å². The summed E-state index contributed by atoms with van der Waals surface area (Å²) in [5.74, 6) is 0.863. The van der Waals surface area contributed by atoms with E-state index in [9.17, 15) is 0 Å². The van der Waals surface area contributed by atoms with Crippen LogP contribution in [0.15, 0.2) is 30.6 Å². The molecule has 0 spiro atoms. The summed E-state index contributed by atoms with van der Waals surface area (Å²) in [6.45, 7) is 4.26. The maximum atomic E-state index is 5.75. The van der Waals surface area contributed by atoms with Gasteiger partial charge in [0.25, 0.3) is 0 Å². The molecule has 2 aromatic heterocycles. The van der Waals surface area contributed by atoms with Gasteiger partial charge in [-0.25, -0.2) is 4.68 Å². The van der Waals surface area contributed by atoms with Gasteiger partial charge in [0.15, 0.2) is 0 Å². The van der Waals surface area contributed by atoms with Gasteiger partial charge >= 0.3 is 0 Å². The molecule has 2 heterocycles. The second-order valence-corrected chi connectivity index (χ2v) is 4.25. The summed E-state index contributed by atoms with van der Waals surface area (Å²) in [5.41, 5.74) is 2.95. The van der Waals surface area contributed by atoms with Gasteiger partial charge in [0, 0.05) is 12.4 Å². The fraction of sp³-hybridized carbons (Fsp3) is 0.333. The van der Waals surface area contributed by atoms with Crippen LogP contribution in [-0.4, -0.2) is 14.8 Å². The Kier molecular flexibility index (Phi) is 3.25. The van der Waals surface area contributed by atoms with Crippen LogP contribution >= 0.6 is 11.6 Å². The van der Waals surface area contributed by atoms with Crippen molar-refractivity contribution in [3.05, 3.63) is 42.0 Å². The lowest BCUT2D eigenvalue weighted by atomic mass is 10.1. The van der Waals surface area contributed by atoms with Crippen LogP contribution < -0.4 is 0 Å². The number of nitrogens with zero attached hydrogens (tertiary/aromatic N) is 3. The molecule has 0 unspecified atom stereocenters. The fourth-order valence-corrected chi connectivity index (χ4v) is 1.62. The van der Waals surface area contributed by atoms with Crippen LogP contribution in [0.5, 0.6) is 0 Å². The number of hydrogen-bond donors (Lipinski definition) is 0. The number of aromatic nitrogens is 3. The second kappa shape index (κ2) is 4.66. The SMILES string of the molecule is CC(C)c1ccn(-c2ccnc(CCl)c2)n1. The Morgan fingerprint density at radius 1 is 1.38 bits per heavy atom. The van der Waals surface area contributed by atoms with E-state index in [2.05, 4.69) is 23.9 Å². The van der Waals surface area contributed by atoms with E-state index in [0.29, 0.717) is 11.8 Å². The van der Waals surface area contributed by atoms with Crippen molar-refractivity contribution in [2.45, 2.75) is 25.6 Å². The molecule has 0 amide bonds. The maximum absolute atomic E-state index is 5.75. The summed E-state index contributed by atoms with van der Waals surface area (Å²) < 4.78 is 1.85. The van der Waals surface area contributed by atoms with Crippen molar-refractivity contribution >= 4 is 11.6 Å². The van der Waals surface area contributed by atoms with Crippen LogP contribution in [0.2, 0.25) is 0 Å². The predicted octanol–water partition coefficient (Wildman–Crippen LogP) is 3.13. The predicted molar refractivity (Wildman–Crippen MR) is 65.0 cm³/mol. The lowest BCUT2D eigenvalue weighted by molar-refractivity contribution is 0.767. The van der Waals surface area contributed by atoms with Gasteiger partial charge in [0.2, 0.25) is 0 Å². The molecule has 0 aliphatic rings. The molecule has 84 valence electrons. The van der Waals surface area contributed by atoms with Gasteiger partial charge in [-0.2, -0.15) is 5.10 Å². The highest BCUT2D eigenvalue weighted by atomic mass is 35.5. The van der Waals surface area contributed by atoms with E-state index in [0.717, 1.165) is 17.1 Å². The second-order valence-electron chi connectivity index (χ2n) is 3.98. The van der Waals surface area contributed by atoms with Crippen LogP contribution in [0.3, 0.4) is 0 Å². The van der Waals surface area contributed by atoms with Gasteiger partial charge in [-0.1, -0.05) is 13.8 Å². The first-order chi connectivity index (χ1) is 7.70. The standard InChI is InChI=1S/C12H14ClN3/c1-9(2)12-4-6-16(15-12)11-3-5-14-10(7-11)8-13/h3-7,9H,8H2,1-2H3. The normalized spacial score (nSPS) is 11.0. The van der Waals surface area contributed by atoms with Crippen molar-refractivity contribution in [1.82, 2.24) is 14.8 Å². The van der Waals surface area contributed by atoms with Gasteiger partial charge in [0.1, 0.15) is 0 Å². The highest BCUT2D eigenvalue weighted by Crippen LogP contribution is 2.14. The summed E-state index contributed by atoms with van der Waals surface area (Å²) >= 11 is 5.75. The van der Waals surface area contributed by atoms with Crippen molar-refractivity contribution in [3.8, 4) is 5.69 Å². The molecule has 0 saturated carbocycles. The molecule has 2 rings (SSSR count). The molecule has 0 fully saturated rings. The van der Waals surface area contributed by atoms with E-state index in [1.54, 1.807) is 6.20 Å². The van der Waals surface area contributed by atoms with E-state index >= 15 is 0 Å². The molecule has 0 aromatic carbocycles. The molecule has 3 nitrogen and oxygen atoms in total. The average molecular weight is 236 g/mol. The van der Waals surface area contributed by atoms with Gasteiger partial charge in [0.05, 0.1) is 23.0 Å². The highest BCUT2D eigenvalue weighted by molar-refractivity contribution is 6.16. The first-order valence-electron chi connectivity index (χ1n) is 5.27. The van der Waals surface area contributed by atoms with E-state index in [1.807, 2.05) is 29.1 Å². The molecular formula is C12H14ClN3. The molecular weight excluding hydrogens is 222 g/mol. The quantitative estimate of drug-likeness (QED) is 0.766. The fourth-order valence-electron chi connectivity index (χ4n) is 1.47. The number of pyridine rings is 1. The molecule has 4 heteroatoms. The monoisotopic (exact) mass is 235 g/mol. The zero-order chi connectivity index (χ0) is 11.5. The Balaban J connectivity index is 2.34. The zero-order valence-electron chi connectivity index (χ0n) is 9.39. The molecule has 0 atom stereocenters. The molecule has 0 saturated heterocycles. The minimum absolute atomic E-state index is 0.423. The van der Waals surface area contributed by atoms with Crippen molar-refractivity contribution in [2.75, 3.05) is 0 Å². The molecule has 0 aliphatic carbocycles. The molecule has 0 radical (unpaired) electrons. The Morgan fingerprint density at radius 3 is 2.81 bits per heavy atom. The van der Waals surface area contributed by atoms with Crippen molar-refractivity contribution in [1.29, 1.82) is 0 Å². The number of halogens is 1. The first kappa shape index (κ1) is 11.1. The number of rotatable bonds is 3. The van der Waals surface area contributed by atoms with Gasteiger partial charge in [-0.3, -0.25) is 4.98 Å². The Bertz CT molecular complexity index is 477. The van der Waals surface area contributed by atoms with E-state index < -0.39 is 0 Å². The topological polar surface area (TPSA) is 30.7 Å². The molecule has 2 aromatic rings. The smallest absolute Gasteiger partial charge is 0.0679 e. The molecule has 0 aliphatic heterocycles. The number of alkyl halides is 1. The van der Waals surface area contributed by atoms with Gasteiger partial charge in [-0.05, 0) is 24.1 Å². The van der Waals surface area contributed by atoms with Crippen LogP contribution in [0.1, 0.15) is 31.2 Å². The van der Waals surface area contributed by atoms with Gasteiger partial charge in [-0.15, -0.1) is 11.6 Å². The minimum Gasteiger partial charge on any atom is -0.260 e. The Hall–Kier alpha value is -1.35. The third-order valence-corrected chi connectivity index (χ3v) is 2.68. The molecule has 0 N–H and O–H groups in total. The van der Waals surface area contributed by atoms with Crippen LogP contribution in [0.25, 0.3) is 5.69 Å². The summed E-state index contributed by atoms with van der Waals surface area (Å²) in [4.78, 5) is 4.15. The number of hydrogen-bond acceptors (Lipinski definition) is 2. The summed E-state index contributed by atoms with van der Waals surface area (Å²) in [6.07, 6.45) is 3.71. The van der Waals surface area contributed by atoms with E-state index in [-0.39, 0.29) is 0 Å². The van der Waals surface area contributed by atoms with E-state index in [1.165, 1.54) is 0 Å². The van der Waals surface area contributed by atoms with Crippen LogP contribution in [-0.2, 0) is 5.88 Å². The molecule has 16 heavy (non-hydrogen) atoms. The third-order valence-electron chi connectivity index (χ3n) is 2.40. The Morgan fingerprint density at radius 2 is 2.19 bits per heavy atom. The molecule has 0 bridgehead atoms. The van der Waals surface area contributed by atoms with E-state index in [4.69, 9.17) is 11.6 Å².